The van der Waals surface area contributed by atoms with Gasteiger partial charge in [0.2, 0.25) is 5.91 Å². The van der Waals surface area contributed by atoms with Crippen LogP contribution in [-0.4, -0.2) is 17.0 Å². The largest absolute Gasteiger partial charge is 0.479 e. The van der Waals surface area contributed by atoms with Crippen molar-refractivity contribution in [2.75, 3.05) is 0 Å². The van der Waals surface area contributed by atoms with E-state index in [-0.39, 0.29) is 17.0 Å². The van der Waals surface area contributed by atoms with E-state index in [1.54, 1.807) is 54.6 Å². The highest BCUT2D eigenvalue weighted by atomic mass is 79.9. The van der Waals surface area contributed by atoms with E-state index >= 15 is 0 Å². The van der Waals surface area contributed by atoms with Crippen molar-refractivity contribution in [1.29, 1.82) is 0 Å². The molecule has 0 bridgehead atoms. The predicted octanol–water partition coefficient (Wildman–Crippen LogP) is 2.21. The first-order valence-corrected chi connectivity index (χ1v) is 6.48. The number of carboxylic acids is 1. The molecule has 0 spiro atoms. The summed E-state index contributed by atoms with van der Waals surface area (Å²) >= 11 is 0. The Balaban J connectivity index is 0.00000242. The third-order valence-corrected chi connectivity index (χ3v) is 3.11. The van der Waals surface area contributed by atoms with Crippen LogP contribution in [0.3, 0.4) is 0 Å². The Morgan fingerprint density at radius 1 is 0.909 bits per heavy atom. The first kappa shape index (κ1) is 17.9. The van der Waals surface area contributed by atoms with Crippen molar-refractivity contribution < 1.29 is 14.7 Å². The summed E-state index contributed by atoms with van der Waals surface area (Å²) in [4.78, 5) is 23.5. The van der Waals surface area contributed by atoms with Gasteiger partial charge < -0.3 is 16.2 Å². The molecule has 1 amide bonds. The summed E-state index contributed by atoms with van der Waals surface area (Å²) in [5.41, 5.74) is 6.99. The summed E-state index contributed by atoms with van der Waals surface area (Å²) in [6.07, 6.45) is 0. The van der Waals surface area contributed by atoms with Gasteiger partial charge in [0.05, 0.1) is 0 Å². The van der Waals surface area contributed by atoms with E-state index in [9.17, 15) is 14.7 Å². The van der Waals surface area contributed by atoms with Crippen LogP contribution in [-0.2, 0) is 9.59 Å². The van der Waals surface area contributed by atoms with Gasteiger partial charge in [0.15, 0.2) is 6.04 Å². The number of hydrogen-bond donors (Lipinski definition) is 3. The molecule has 0 saturated heterocycles. The van der Waals surface area contributed by atoms with Gasteiger partial charge in [-0.15, -0.1) is 17.0 Å². The van der Waals surface area contributed by atoms with Gasteiger partial charge in [-0.2, -0.15) is 0 Å². The average Bonchev–Trinajstić information content (AvgIpc) is 2.53. The van der Waals surface area contributed by atoms with Crippen LogP contribution in [0.25, 0.3) is 0 Å². The van der Waals surface area contributed by atoms with Crippen LogP contribution in [0, 0.1) is 0 Å². The highest BCUT2D eigenvalue weighted by Gasteiger charge is 2.25. The molecule has 0 aliphatic carbocycles. The molecular formula is C16H17BrN2O3. The summed E-state index contributed by atoms with van der Waals surface area (Å²) in [6.45, 7) is 0. The van der Waals surface area contributed by atoms with Gasteiger partial charge in [-0.1, -0.05) is 60.7 Å². The van der Waals surface area contributed by atoms with Crippen molar-refractivity contribution in [2.24, 2.45) is 5.73 Å². The number of halogens is 1. The molecule has 0 aliphatic heterocycles. The maximum absolute atomic E-state index is 12.1. The van der Waals surface area contributed by atoms with E-state index in [4.69, 9.17) is 5.73 Å². The number of nitrogens with two attached hydrogens (primary N) is 1. The summed E-state index contributed by atoms with van der Waals surface area (Å²) < 4.78 is 0. The number of amides is 1. The minimum atomic E-state index is -1.13. The first-order valence-electron chi connectivity index (χ1n) is 6.48. The van der Waals surface area contributed by atoms with Crippen LogP contribution in [0.2, 0.25) is 0 Å². The van der Waals surface area contributed by atoms with E-state index in [1.807, 2.05) is 6.07 Å². The summed E-state index contributed by atoms with van der Waals surface area (Å²) in [5.74, 6) is -1.66. The minimum Gasteiger partial charge on any atom is -0.479 e. The van der Waals surface area contributed by atoms with Crippen LogP contribution in [0.15, 0.2) is 60.7 Å². The normalized spacial score (nSPS) is 12.6. The lowest BCUT2D eigenvalue weighted by Gasteiger charge is -2.18. The second-order valence-corrected chi connectivity index (χ2v) is 4.58. The third-order valence-electron chi connectivity index (χ3n) is 3.11. The fourth-order valence-electron chi connectivity index (χ4n) is 1.98. The lowest BCUT2D eigenvalue weighted by Crippen LogP contribution is -2.39. The molecule has 2 atom stereocenters. The molecule has 4 N–H and O–H groups in total. The maximum Gasteiger partial charge on any atom is 0.330 e. The number of carbonyl (C=O) groups excluding carboxylic acids is 1. The number of carbonyl (C=O) groups is 2. The summed E-state index contributed by atoms with van der Waals surface area (Å²) in [6, 6.07) is 15.3. The van der Waals surface area contributed by atoms with Crippen molar-refractivity contribution in [3.05, 3.63) is 71.8 Å². The summed E-state index contributed by atoms with van der Waals surface area (Å²) in [7, 11) is 0. The number of benzene rings is 2. The van der Waals surface area contributed by atoms with E-state index in [1.165, 1.54) is 0 Å². The Hall–Kier alpha value is -2.18. The lowest BCUT2D eigenvalue weighted by atomic mass is 10.0. The number of carboxylic acid groups (broad SMARTS) is 1. The first-order chi connectivity index (χ1) is 10.1. The number of nitrogens with one attached hydrogen (secondary N) is 1. The molecule has 0 aromatic heterocycles. The van der Waals surface area contributed by atoms with Crippen molar-refractivity contribution >= 4 is 28.9 Å². The molecule has 0 fully saturated rings. The molecule has 6 heteroatoms. The molecule has 116 valence electrons. The Bertz CT molecular complexity index is 620. The van der Waals surface area contributed by atoms with Gasteiger partial charge >= 0.3 is 5.97 Å². The van der Waals surface area contributed by atoms with Gasteiger partial charge in [0, 0.05) is 0 Å². The van der Waals surface area contributed by atoms with Crippen molar-refractivity contribution in [2.45, 2.75) is 12.1 Å². The SMILES string of the molecule is Br.N[C@H](C(=O)N[C@H](C(=O)O)c1ccccc1)c1ccccc1. The highest BCUT2D eigenvalue weighted by molar-refractivity contribution is 8.93. The third kappa shape index (κ3) is 4.41. The second-order valence-electron chi connectivity index (χ2n) is 4.58. The number of rotatable bonds is 5. The van der Waals surface area contributed by atoms with Crippen molar-refractivity contribution in [1.82, 2.24) is 5.32 Å². The number of hydrogen-bond acceptors (Lipinski definition) is 3. The highest BCUT2D eigenvalue weighted by Crippen LogP contribution is 2.15. The molecule has 2 aromatic rings. The monoisotopic (exact) mass is 364 g/mol. The van der Waals surface area contributed by atoms with Crippen LogP contribution < -0.4 is 11.1 Å². The van der Waals surface area contributed by atoms with Crippen molar-refractivity contribution in [3.63, 3.8) is 0 Å². The molecule has 2 rings (SSSR count). The minimum absolute atomic E-state index is 0. The molecule has 0 radical (unpaired) electrons. The van der Waals surface area contributed by atoms with Crippen LogP contribution >= 0.6 is 17.0 Å². The Morgan fingerprint density at radius 2 is 1.36 bits per heavy atom. The quantitative estimate of drug-likeness (QED) is 0.758. The smallest absolute Gasteiger partial charge is 0.330 e. The Morgan fingerprint density at radius 3 is 1.82 bits per heavy atom. The van der Waals surface area contributed by atoms with Crippen molar-refractivity contribution in [3.8, 4) is 0 Å². The fourth-order valence-corrected chi connectivity index (χ4v) is 1.98. The standard InChI is InChI=1S/C16H16N2O3.BrH/c17-13(11-7-3-1-4-8-11)15(19)18-14(16(20)21)12-9-5-2-6-10-12;/h1-10,13-14H,17H2,(H,18,19)(H,20,21);1H/t13-,14-;/m0./s1. The molecule has 0 aliphatic rings. The Labute approximate surface area is 138 Å². The maximum atomic E-state index is 12.1. The molecule has 5 nitrogen and oxygen atoms in total. The van der Waals surface area contributed by atoms with E-state index in [2.05, 4.69) is 5.32 Å². The van der Waals surface area contributed by atoms with E-state index in [0.717, 1.165) is 0 Å². The van der Waals surface area contributed by atoms with Gasteiger partial charge in [0.25, 0.3) is 0 Å². The fraction of sp³-hybridized carbons (Fsp3) is 0.125. The average molecular weight is 365 g/mol. The van der Waals surface area contributed by atoms with Gasteiger partial charge in [-0.05, 0) is 11.1 Å². The zero-order chi connectivity index (χ0) is 15.2. The van der Waals surface area contributed by atoms with E-state index < -0.39 is 24.0 Å². The Kier molecular flexibility index (Phi) is 6.75. The molecule has 0 heterocycles. The van der Waals surface area contributed by atoms with Crippen LogP contribution in [0.5, 0.6) is 0 Å². The predicted molar refractivity (Wildman–Crippen MR) is 88.7 cm³/mol. The molecule has 2 aromatic carbocycles. The molecule has 22 heavy (non-hydrogen) atoms. The van der Waals surface area contributed by atoms with Crippen LogP contribution in [0.4, 0.5) is 0 Å². The molecule has 0 saturated carbocycles. The van der Waals surface area contributed by atoms with Gasteiger partial charge in [-0.3, -0.25) is 4.79 Å². The summed E-state index contributed by atoms with van der Waals surface area (Å²) in [5, 5.41) is 11.7. The molecular weight excluding hydrogens is 348 g/mol. The zero-order valence-corrected chi connectivity index (χ0v) is 13.4. The zero-order valence-electron chi connectivity index (χ0n) is 11.7. The van der Waals surface area contributed by atoms with Gasteiger partial charge in [-0.25, -0.2) is 4.79 Å². The van der Waals surface area contributed by atoms with Crippen LogP contribution in [0.1, 0.15) is 23.2 Å². The lowest BCUT2D eigenvalue weighted by molar-refractivity contribution is -0.142. The van der Waals surface area contributed by atoms with E-state index in [0.29, 0.717) is 11.1 Å². The molecule has 0 unspecified atom stereocenters. The van der Waals surface area contributed by atoms with Gasteiger partial charge in [0.1, 0.15) is 6.04 Å². The number of aliphatic carboxylic acids is 1. The second kappa shape index (κ2) is 8.31. The topological polar surface area (TPSA) is 92.4 Å².